The Morgan fingerprint density at radius 3 is 2.86 bits per heavy atom. The van der Waals surface area contributed by atoms with E-state index in [0.29, 0.717) is 0 Å². The van der Waals surface area contributed by atoms with Crippen molar-refractivity contribution in [2.45, 2.75) is 12.6 Å². The quantitative estimate of drug-likeness (QED) is 0.529. The first-order chi connectivity index (χ1) is 6.81. The van der Waals surface area contributed by atoms with E-state index < -0.39 is 0 Å². The Labute approximate surface area is 88.6 Å². The average Bonchev–Trinajstić information content (AvgIpc) is 2.25. The molecule has 0 bridgehead atoms. The molecule has 2 N–H and O–H groups in total. The van der Waals surface area contributed by atoms with Crippen molar-refractivity contribution < 1.29 is 5.02 Å². The maximum Gasteiger partial charge on any atom is 0.327 e. The molecule has 0 aromatic heterocycles. The first-order valence-corrected chi connectivity index (χ1v) is 5.57. The Morgan fingerprint density at radius 1 is 1.50 bits per heavy atom. The maximum absolute atomic E-state index is 8.97. The summed E-state index contributed by atoms with van der Waals surface area (Å²) in [5.74, 6) is 0. The molecule has 0 fully saturated rings. The normalized spacial score (nSPS) is 10.2. The van der Waals surface area contributed by atoms with Crippen LogP contribution in [0.25, 0.3) is 0 Å². The fraction of sp³-hybridized carbons (Fsp3) is 0.400. The molecule has 0 amide bonds. The highest BCUT2D eigenvalue weighted by molar-refractivity contribution is 7.15. The van der Waals surface area contributed by atoms with Crippen LogP contribution in [0.1, 0.15) is 11.1 Å². The van der Waals surface area contributed by atoms with Crippen molar-refractivity contribution in [1.29, 1.82) is 0 Å². The van der Waals surface area contributed by atoms with E-state index in [1.165, 1.54) is 18.6 Å². The summed E-state index contributed by atoms with van der Waals surface area (Å²) >= 11 is 0. The molecule has 0 saturated heterocycles. The van der Waals surface area contributed by atoms with Gasteiger partial charge in [-0.25, -0.2) is 0 Å². The summed E-state index contributed by atoms with van der Waals surface area (Å²) in [4.78, 5) is 0. The number of hydrogen-bond acceptors (Lipinski definition) is 2. The molecule has 1 rings (SSSR count). The van der Waals surface area contributed by atoms with Crippen molar-refractivity contribution in [1.82, 2.24) is 5.32 Å². The molecule has 2 nitrogen and oxygen atoms in total. The van der Waals surface area contributed by atoms with E-state index in [0.717, 1.165) is 24.6 Å². The third kappa shape index (κ3) is 3.09. The van der Waals surface area contributed by atoms with E-state index in [1.54, 1.807) is 0 Å². The summed E-state index contributed by atoms with van der Waals surface area (Å²) < 4.78 is 0. The molecule has 1 atom stereocenters. The van der Waals surface area contributed by atoms with Gasteiger partial charge in [-0.05, 0) is 37.3 Å². The van der Waals surface area contributed by atoms with Crippen molar-refractivity contribution in [3.8, 4) is 0 Å². The summed E-state index contributed by atoms with van der Waals surface area (Å²) in [6.45, 7) is 0.985. The zero-order valence-corrected chi connectivity index (χ0v) is 9.61. The molecule has 1 unspecified atom stereocenters. The summed E-state index contributed by atoms with van der Waals surface area (Å²) in [6, 6.07) is 6.17. The van der Waals surface area contributed by atoms with Gasteiger partial charge >= 0.3 is 7.48 Å². The van der Waals surface area contributed by atoms with Crippen LogP contribution in [0, 0.1) is 0 Å². The number of benzene rings is 1. The predicted octanol–water partition coefficient (Wildman–Crippen LogP) is 0.0604. The van der Waals surface area contributed by atoms with Gasteiger partial charge in [0.2, 0.25) is 0 Å². The monoisotopic (exact) mass is 208 g/mol. The average molecular weight is 208 g/mol. The number of hydrogen-bond donors (Lipinski definition) is 2. The minimum Gasteiger partial charge on any atom is -0.450 e. The first-order valence-electron chi connectivity index (χ1n) is 4.75. The number of rotatable bonds is 5. The summed E-state index contributed by atoms with van der Waals surface area (Å²) in [6.07, 6.45) is 1.90. The molecule has 4 heteroatoms. The molecule has 0 aliphatic carbocycles. The zero-order valence-electron chi connectivity index (χ0n) is 8.46. The van der Waals surface area contributed by atoms with Crippen LogP contribution >= 0.6 is 9.24 Å². The molecular formula is C10H16BNOP. The minimum atomic E-state index is 0.875. The molecule has 1 aromatic rings. The second-order valence-corrected chi connectivity index (χ2v) is 3.63. The molecule has 14 heavy (non-hydrogen) atoms. The SMILES string of the molecule is CNCCc1ccc([B]O)c(CP)c1. The van der Waals surface area contributed by atoms with Crippen molar-refractivity contribution in [2.24, 2.45) is 0 Å². The molecular weight excluding hydrogens is 192 g/mol. The van der Waals surface area contributed by atoms with Crippen LogP contribution in [-0.2, 0) is 12.6 Å². The molecule has 0 saturated carbocycles. The van der Waals surface area contributed by atoms with Crippen LogP contribution in [-0.4, -0.2) is 26.1 Å². The second kappa shape index (κ2) is 6.18. The minimum absolute atomic E-state index is 0.875. The Kier molecular flexibility index (Phi) is 5.17. The Morgan fingerprint density at radius 2 is 2.29 bits per heavy atom. The van der Waals surface area contributed by atoms with Gasteiger partial charge in [-0.2, -0.15) is 0 Å². The van der Waals surface area contributed by atoms with Gasteiger partial charge in [0.05, 0.1) is 0 Å². The lowest BCUT2D eigenvalue weighted by atomic mass is 9.84. The highest BCUT2D eigenvalue weighted by Gasteiger charge is 2.02. The van der Waals surface area contributed by atoms with Crippen LogP contribution < -0.4 is 10.8 Å². The van der Waals surface area contributed by atoms with Crippen LogP contribution in [0.5, 0.6) is 0 Å². The predicted molar refractivity (Wildman–Crippen MR) is 65.1 cm³/mol. The maximum atomic E-state index is 8.97. The topological polar surface area (TPSA) is 32.3 Å². The van der Waals surface area contributed by atoms with Gasteiger partial charge in [0, 0.05) is 0 Å². The molecule has 75 valence electrons. The lowest BCUT2D eigenvalue weighted by Crippen LogP contribution is -2.19. The van der Waals surface area contributed by atoms with E-state index in [4.69, 9.17) is 5.02 Å². The summed E-state index contributed by atoms with van der Waals surface area (Å²) in [5.41, 5.74) is 3.39. The summed E-state index contributed by atoms with van der Waals surface area (Å²) in [7, 11) is 5.80. The van der Waals surface area contributed by atoms with Gasteiger partial charge in [-0.3, -0.25) is 0 Å². The van der Waals surface area contributed by atoms with Crippen molar-refractivity contribution in [3.63, 3.8) is 0 Å². The Balaban J connectivity index is 2.79. The molecule has 0 aliphatic heterocycles. The molecule has 0 heterocycles. The van der Waals surface area contributed by atoms with Gasteiger partial charge in [0.15, 0.2) is 0 Å². The molecule has 0 spiro atoms. The van der Waals surface area contributed by atoms with Crippen LogP contribution in [0.4, 0.5) is 0 Å². The van der Waals surface area contributed by atoms with Crippen molar-refractivity contribution in [2.75, 3.05) is 13.6 Å². The van der Waals surface area contributed by atoms with E-state index in [1.807, 2.05) is 13.1 Å². The van der Waals surface area contributed by atoms with Gasteiger partial charge in [0.1, 0.15) is 0 Å². The lowest BCUT2D eigenvalue weighted by Gasteiger charge is -2.07. The van der Waals surface area contributed by atoms with Crippen LogP contribution in [0.15, 0.2) is 18.2 Å². The number of likely N-dealkylation sites (N-methyl/N-ethyl adjacent to an activating group) is 1. The standard InChI is InChI=1S/C10H16BNOP/c1-12-5-4-8-2-3-10(11-13)9(6-8)7-14/h2-3,6,12-13H,4-5,7,14H2,1H3. The number of nitrogens with one attached hydrogen (secondary N) is 1. The third-order valence-electron chi connectivity index (χ3n) is 2.23. The fourth-order valence-electron chi connectivity index (χ4n) is 1.39. The van der Waals surface area contributed by atoms with Crippen LogP contribution in [0.3, 0.4) is 0 Å². The molecule has 1 radical (unpaired) electrons. The van der Waals surface area contributed by atoms with Crippen molar-refractivity contribution >= 4 is 22.2 Å². The fourth-order valence-corrected chi connectivity index (χ4v) is 1.74. The van der Waals surface area contributed by atoms with Gasteiger partial charge in [-0.1, -0.05) is 23.7 Å². The van der Waals surface area contributed by atoms with E-state index in [2.05, 4.69) is 26.7 Å². The zero-order chi connectivity index (χ0) is 10.4. The smallest absolute Gasteiger partial charge is 0.327 e. The highest BCUT2D eigenvalue weighted by Crippen LogP contribution is 2.07. The van der Waals surface area contributed by atoms with E-state index >= 15 is 0 Å². The second-order valence-electron chi connectivity index (χ2n) is 3.22. The summed E-state index contributed by atoms with van der Waals surface area (Å²) in [5, 5.41) is 12.1. The Bertz CT molecular complexity index is 293. The van der Waals surface area contributed by atoms with Gasteiger partial charge in [-0.15, -0.1) is 9.24 Å². The van der Waals surface area contributed by atoms with Gasteiger partial charge in [0.25, 0.3) is 0 Å². The van der Waals surface area contributed by atoms with E-state index in [9.17, 15) is 0 Å². The Hall–Kier alpha value is -0.365. The molecule has 1 aromatic carbocycles. The van der Waals surface area contributed by atoms with Gasteiger partial charge < -0.3 is 10.3 Å². The highest BCUT2D eigenvalue weighted by atomic mass is 31.0. The van der Waals surface area contributed by atoms with E-state index in [-0.39, 0.29) is 0 Å². The largest absolute Gasteiger partial charge is 0.450 e. The third-order valence-corrected chi connectivity index (χ3v) is 2.67. The lowest BCUT2D eigenvalue weighted by molar-refractivity contribution is 0.615. The first kappa shape index (κ1) is 11.7. The van der Waals surface area contributed by atoms with Crippen LogP contribution in [0.2, 0.25) is 0 Å². The molecule has 0 aliphatic rings. The van der Waals surface area contributed by atoms with Crippen molar-refractivity contribution in [3.05, 3.63) is 29.3 Å².